The number of benzene rings is 1. The largest absolute Gasteiger partial charge is 0.395 e. The molecule has 2 unspecified atom stereocenters. The molecule has 1 heterocycles. The number of non-ortho nitro benzene ring substituents is 1. The topological polar surface area (TPSA) is 95.6 Å². The molecule has 0 amide bonds. The van der Waals surface area contributed by atoms with Crippen molar-refractivity contribution in [2.45, 2.75) is 18.7 Å². The third-order valence-corrected chi connectivity index (χ3v) is 4.47. The Morgan fingerprint density at radius 2 is 2.05 bits per heavy atom. The first-order valence-corrected chi connectivity index (χ1v) is 7.76. The van der Waals surface area contributed by atoms with Crippen molar-refractivity contribution in [3.8, 4) is 0 Å². The van der Waals surface area contributed by atoms with Gasteiger partial charge in [-0.2, -0.15) is 0 Å². The lowest BCUT2D eigenvalue weighted by molar-refractivity contribution is -0.384. The van der Waals surface area contributed by atoms with Gasteiger partial charge in [-0.15, -0.1) is 11.3 Å². The third-order valence-electron chi connectivity index (χ3n) is 3.18. The van der Waals surface area contributed by atoms with Crippen LogP contribution >= 0.6 is 22.9 Å². The number of nitro groups is 1. The van der Waals surface area contributed by atoms with E-state index in [0.29, 0.717) is 17.1 Å². The van der Waals surface area contributed by atoms with Gasteiger partial charge in [-0.3, -0.25) is 10.1 Å². The van der Waals surface area contributed by atoms with Gasteiger partial charge in [0.25, 0.3) is 5.69 Å². The van der Waals surface area contributed by atoms with E-state index >= 15 is 0 Å². The van der Waals surface area contributed by atoms with Crippen LogP contribution < -0.4 is 5.32 Å². The van der Waals surface area contributed by atoms with Crippen LogP contribution in [0.2, 0.25) is 5.02 Å². The minimum absolute atomic E-state index is 0.0438. The third kappa shape index (κ3) is 4.25. The average molecular weight is 343 g/mol. The molecule has 1 aromatic carbocycles. The lowest BCUT2D eigenvalue weighted by atomic mass is 10.0. The summed E-state index contributed by atoms with van der Waals surface area (Å²) >= 11 is 7.32. The molecular weight excluding hydrogens is 328 g/mol. The summed E-state index contributed by atoms with van der Waals surface area (Å²) < 4.78 is 0. The fraction of sp³-hybridized carbons (Fsp3) is 0.286. The van der Waals surface area contributed by atoms with E-state index in [4.69, 9.17) is 11.6 Å². The van der Waals surface area contributed by atoms with Crippen LogP contribution in [0, 0.1) is 10.1 Å². The zero-order valence-corrected chi connectivity index (χ0v) is 13.0. The molecule has 0 spiro atoms. The maximum Gasteiger partial charge on any atom is 0.269 e. The second-order valence-electron chi connectivity index (χ2n) is 4.69. The first-order chi connectivity index (χ1) is 10.5. The van der Waals surface area contributed by atoms with Gasteiger partial charge >= 0.3 is 0 Å². The minimum Gasteiger partial charge on any atom is -0.395 e. The number of nitrogens with one attached hydrogen (secondary N) is 1. The van der Waals surface area contributed by atoms with Crippen molar-refractivity contribution in [1.29, 1.82) is 0 Å². The van der Waals surface area contributed by atoms with Crippen LogP contribution in [0.5, 0.6) is 0 Å². The Morgan fingerprint density at radius 3 is 2.55 bits per heavy atom. The second-order valence-corrected chi connectivity index (χ2v) is 6.13. The highest BCUT2D eigenvalue weighted by Crippen LogP contribution is 2.22. The van der Waals surface area contributed by atoms with Crippen molar-refractivity contribution in [2.24, 2.45) is 0 Å². The first-order valence-electron chi connectivity index (χ1n) is 6.51. The molecule has 0 saturated heterocycles. The maximum atomic E-state index is 10.6. The van der Waals surface area contributed by atoms with Crippen LogP contribution in [0.4, 0.5) is 5.69 Å². The molecule has 3 N–H and O–H groups in total. The molecule has 2 aromatic rings. The summed E-state index contributed by atoms with van der Waals surface area (Å²) in [5.74, 6) is 0. The van der Waals surface area contributed by atoms with Crippen molar-refractivity contribution in [3.63, 3.8) is 0 Å². The highest BCUT2D eigenvalue weighted by atomic mass is 35.5. The molecule has 0 bridgehead atoms. The van der Waals surface area contributed by atoms with Gasteiger partial charge in [0.15, 0.2) is 0 Å². The van der Waals surface area contributed by atoms with Gasteiger partial charge in [0.05, 0.1) is 28.7 Å². The summed E-state index contributed by atoms with van der Waals surface area (Å²) in [6.45, 7) is 0.198. The molecular formula is C14H15ClN2O4S. The number of hydrogen-bond donors (Lipinski definition) is 3. The summed E-state index contributed by atoms with van der Waals surface area (Å²) in [7, 11) is 0. The van der Waals surface area contributed by atoms with E-state index in [1.807, 2.05) is 6.07 Å². The molecule has 2 rings (SSSR count). The van der Waals surface area contributed by atoms with E-state index in [1.54, 1.807) is 5.38 Å². The molecule has 0 aliphatic carbocycles. The first kappa shape index (κ1) is 16.9. The molecule has 1 aromatic heterocycles. The van der Waals surface area contributed by atoms with Gasteiger partial charge in [0.1, 0.15) is 0 Å². The lowest BCUT2D eigenvalue weighted by Gasteiger charge is -2.22. The Kier molecular flexibility index (Phi) is 5.87. The number of halogens is 1. The van der Waals surface area contributed by atoms with Gasteiger partial charge in [-0.05, 0) is 23.8 Å². The second kappa shape index (κ2) is 7.66. The van der Waals surface area contributed by atoms with Crippen LogP contribution in [0.25, 0.3) is 0 Å². The highest BCUT2D eigenvalue weighted by molar-refractivity contribution is 7.10. The van der Waals surface area contributed by atoms with Gasteiger partial charge in [0.2, 0.25) is 0 Å². The molecule has 0 saturated carbocycles. The fourth-order valence-corrected chi connectivity index (χ4v) is 3.00. The van der Waals surface area contributed by atoms with Crippen LogP contribution in [-0.4, -0.2) is 27.8 Å². The standard InChI is InChI=1S/C14H15ClN2O4S/c15-10-5-12(22-8-10)6-16-13(7-18)14(19)9-1-3-11(4-2-9)17(20)21/h1-5,8,13-14,16,18-19H,6-7H2. The number of aliphatic hydroxyl groups excluding tert-OH is 2. The summed E-state index contributed by atoms with van der Waals surface area (Å²) in [5.41, 5.74) is 0.457. The summed E-state index contributed by atoms with van der Waals surface area (Å²) in [5, 5.41) is 35.8. The normalized spacial score (nSPS) is 13.8. The van der Waals surface area contributed by atoms with Crippen LogP contribution in [0.15, 0.2) is 35.7 Å². The minimum atomic E-state index is -0.971. The van der Waals surface area contributed by atoms with Crippen molar-refractivity contribution >= 4 is 28.6 Å². The van der Waals surface area contributed by atoms with Gasteiger partial charge in [0, 0.05) is 28.9 Å². The molecule has 6 nitrogen and oxygen atoms in total. The molecule has 0 fully saturated rings. The molecule has 22 heavy (non-hydrogen) atoms. The zero-order valence-electron chi connectivity index (χ0n) is 11.5. The van der Waals surface area contributed by atoms with Crippen molar-refractivity contribution in [3.05, 3.63) is 61.3 Å². The molecule has 0 aliphatic heterocycles. The quantitative estimate of drug-likeness (QED) is 0.530. The Hall–Kier alpha value is -1.51. The van der Waals surface area contributed by atoms with E-state index in [0.717, 1.165) is 4.88 Å². The van der Waals surface area contributed by atoms with E-state index in [2.05, 4.69) is 5.32 Å². The highest BCUT2D eigenvalue weighted by Gasteiger charge is 2.20. The summed E-state index contributed by atoms with van der Waals surface area (Å²) in [4.78, 5) is 11.1. The number of rotatable bonds is 7. The van der Waals surface area contributed by atoms with Gasteiger partial charge in [-0.25, -0.2) is 0 Å². The molecule has 118 valence electrons. The van der Waals surface area contributed by atoms with Crippen molar-refractivity contribution in [1.82, 2.24) is 5.32 Å². The molecule has 0 aliphatic rings. The van der Waals surface area contributed by atoms with Crippen molar-refractivity contribution in [2.75, 3.05) is 6.61 Å². The predicted molar refractivity (Wildman–Crippen MR) is 85.1 cm³/mol. The number of hydrogen-bond acceptors (Lipinski definition) is 6. The van der Waals surface area contributed by atoms with E-state index < -0.39 is 17.1 Å². The Labute approximate surface area is 136 Å². The predicted octanol–water partition coefficient (Wildman–Crippen LogP) is 2.49. The van der Waals surface area contributed by atoms with Crippen LogP contribution in [0.3, 0.4) is 0 Å². The maximum absolute atomic E-state index is 10.6. The Bertz CT molecular complexity index is 632. The van der Waals surface area contributed by atoms with Crippen LogP contribution in [0.1, 0.15) is 16.5 Å². The average Bonchev–Trinajstić information content (AvgIpc) is 2.93. The SMILES string of the molecule is O=[N+]([O-])c1ccc(C(O)C(CO)NCc2cc(Cl)cs2)cc1. The lowest BCUT2D eigenvalue weighted by Crippen LogP contribution is -2.37. The fourth-order valence-electron chi connectivity index (χ4n) is 1.98. The van der Waals surface area contributed by atoms with E-state index in [-0.39, 0.29) is 12.3 Å². The zero-order chi connectivity index (χ0) is 16.1. The number of aliphatic hydroxyl groups is 2. The molecule has 2 atom stereocenters. The van der Waals surface area contributed by atoms with E-state index in [9.17, 15) is 20.3 Å². The molecule has 0 radical (unpaired) electrons. The van der Waals surface area contributed by atoms with Gasteiger partial charge in [-0.1, -0.05) is 11.6 Å². The number of thiophene rings is 1. The smallest absolute Gasteiger partial charge is 0.269 e. The summed E-state index contributed by atoms with van der Waals surface area (Å²) in [6.07, 6.45) is -0.971. The number of nitro benzene ring substituents is 1. The van der Waals surface area contributed by atoms with Crippen molar-refractivity contribution < 1.29 is 15.1 Å². The number of nitrogens with zero attached hydrogens (tertiary/aromatic N) is 1. The summed E-state index contributed by atoms with van der Waals surface area (Å²) in [6, 6.07) is 6.84. The Balaban J connectivity index is 2.01. The van der Waals surface area contributed by atoms with Gasteiger partial charge < -0.3 is 15.5 Å². The van der Waals surface area contributed by atoms with E-state index in [1.165, 1.54) is 35.6 Å². The molecule has 8 heteroatoms. The Morgan fingerprint density at radius 1 is 1.36 bits per heavy atom. The monoisotopic (exact) mass is 342 g/mol. The van der Waals surface area contributed by atoms with Crippen LogP contribution in [-0.2, 0) is 6.54 Å².